The number of nitrogens with one attached hydrogen (secondary N) is 1. The number of halogens is 3. The van der Waals surface area contributed by atoms with Crippen LogP contribution in [-0.2, 0) is 17.5 Å². The van der Waals surface area contributed by atoms with Gasteiger partial charge in [-0.2, -0.15) is 18.3 Å². The summed E-state index contributed by atoms with van der Waals surface area (Å²) in [5.74, 6) is -0.666. The monoisotopic (exact) mass is 471 g/mol. The lowest BCUT2D eigenvalue weighted by Gasteiger charge is -2.34. The smallest absolute Gasteiger partial charge is 0.336 e. The van der Waals surface area contributed by atoms with Crippen LogP contribution in [0.2, 0.25) is 0 Å². The van der Waals surface area contributed by atoms with Crippen LogP contribution in [0, 0.1) is 0 Å². The van der Waals surface area contributed by atoms with Gasteiger partial charge in [0.05, 0.1) is 36.1 Å². The maximum Gasteiger partial charge on any atom is 0.418 e. The molecule has 1 aromatic heterocycles. The van der Waals surface area contributed by atoms with Gasteiger partial charge in [0.15, 0.2) is 0 Å². The Bertz CT molecular complexity index is 1140. The SMILES string of the molecule is O=C(CN1CCN(C(=O)c2cnn(Cc3ccccc3)c2)CC1)Nc1ccccc1C(F)(F)F. The molecule has 0 atom stereocenters. The lowest BCUT2D eigenvalue weighted by atomic mass is 10.1. The molecular formula is C24H24F3N5O2. The first kappa shape index (κ1) is 23.5. The zero-order valence-corrected chi connectivity index (χ0v) is 18.3. The van der Waals surface area contributed by atoms with Crippen molar-refractivity contribution >= 4 is 17.5 Å². The molecule has 2 amide bonds. The summed E-state index contributed by atoms with van der Waals surface area (Å²) in [4.78, 5) is 28.7. The van der Waals surface area contributed by atoms with Crippen LogP contribution < -0.4 is 5.32 Å². The highest BCUT2D eigenvalue weighted by Crippen LogP contribution is 2.34. The summed E-state index contributed by atoms with van der Waals surface area (Å²) in [7, 11) is 0. The Labute approximate surface area is 194 Å². The quantitative estimate of drug-likeness (QED) is 0.599. The first-order valence-corrected chi connectivity index (χ1v) is 10.8. The molecule has 0 unspecified atom stereocenters. The van der Waals surface area contributed by atoms with Crippen LogP contribution in [0.15, 0.2) is 67.0 Å². The van der Waals surface area contributed by atoms with E-state index in [1.54, 1.807) is 22.0 Å². The number of amides is 2. The number of hydrogen-bond donors (Lipinski definition) is 1. The van der Waals surface area contributed by atoms with Crippen molar-refractivity contribution in [2.45, 2.75) is 12.7 Å². The molecule has 10 heteroatoms. The van der Waals surface area contributed by atoms with E-state index in [4.69, 9.17) is 0 Å². The summed E-state index contributed by atoms with van der Waals surface area (Å²) in [6.07, 6.45) is -1.29. The van der Waals surface area contributed by atoms with Crippen LogP contribution in [0.3, 0.4) is 0 Å². The molecule has 0 radical (unpaired) electrons. The predicted molar refractivity (Wildman–Crippen MR) is 120 cm³/mol. The largest absolute Gasteiger partial charge is 0.418 e. The van der Waals surface area contributed by atoms with Gasteiger partial charge in [0.25, 0.3) is 5.91 Å². The van der Waals surface area contributed by atoms with Crippen LogP contribution >= 0.6 is 0 Å². The van der Waals surface area contributed by atoms with Crippen molar-refractivity contribution in [3.05, 3.63) is 83.7 Å². The number of alkyl halides is 3. The maximum atomic E-state index is 13.1. The van der Waals surface area contributed by atoms with Crippen LogP contribution in [0.1, 0.15) is 21.5 Å². The Hall–Kier alpha value is -3.66. The van der Waals surface area contributed by atoms with Crippen molar-refractivity contribution in [3.63, 3.8) is 0 Å². The Balaban J connectivity index is 1.28. The second kappa shape index (κ2) is 10.1. The molecule has 1 aliphatic heterocycles. The topological polar surface area (TPSA) is 70.5 Å². The molecule has 0 aliphatic carbocycles. The van der Waals surface area contributed by atoms with E-state index < -0.39 is 17.6 Å². The molecular weight excluding hydrogens is 447 g/mol. The number of aromatic nitrogens is 2. The summed E-state index contributed by atoms with van der Waals surface area (Å²) in [6.45, 7) is 2.22. The van der Waals surface area contributed by atoms with Crippen molar-refractivity contribution < 1.29 is 22.8 Å². The first-order chi connectivity index (χ1) is 16.3. The van der Waals surface area contributed by atoms with Gasteiger partial charge >= 0.3 is 6.18 Å². The molecule has 0 spiro atoms. The fraction of sp³-hybridized carbons (Fsp3) is 0.292. The number of nitrogens with zero attached hydrogens (tertiary/aromatic N) is 4. The third-order valence-corrected chi connectivity index (χ3v) is 5.60. The number of carbonyl (C=O) groups excluding carboxylic acids is 2. The number of piperazine rings is 1. The van der Waals surface area contributed by atoms with E-state index in [9.17, 15) is 22.8 Å². The second-order valence-electron chi connectivity index (χ2n) is 8.07. The molecule has 1 N–H and O–H groups in total. The summed E-state index contributed by atoms with van der Waals surface area (Å²) < 4.78 is 41.1. The molecule has 0 saturated carbocycles. The lowest BCUT2D eigenvalue weighted by molar-refractivity contribution is -0.137. The van der Waals surface area contributed by atoms with Gasteiger partial charge < -0.3 is 10.2 Å². The number of para-hydroxylation sites is 1. The molecule has 2 heterocycles. The highest BCUT2D eigenvalue weighted by molar-refractivity contribution is 5.94. The van der Waals surface area contributed by atoms with E-state index in [2.05, 4.69) is 10.4 Å². The van der Waals surface area contributed by atoms with Crippen molar-refractivity contribution in [1.82, 2.24) is 19.6 Å². The fourth-order valence-electron chi connectivity index (χ4n) is 3.85. The number of hydrogen-bond acceptors (Lipinski definition) is 4. The van der Waals surface area contributed by atoms with Gasteiger partial charge in [-0.1, -0.05) is 42.5 Å². The third-order valence-electron chi connectivity index (χ3n) is 5.60. The van der Waals surface area contributed by atoms with E-state index in [0.29, 0.717) is 38.3 Å². The molecule has 3 aromatic rings. The highest BCUT2D eigenvalue weighted by atomic mass is 19.4. The van der Waals surface area contributed by atoms with Gasteiger partial charge in [0, 0.05) is 32.4 Å². The van der Waals surface area contributed by atoms with Crippen molar-refractivity contribution in [2.24, 2.45) is 0 Å². The van der Waals surface area contributed by atoms with Crippen molar-refractivity contribution in [1.29, 1.82) is 0 Å². The lowest BCUT2D eigenvalue weighted by Crippen LogP contribution is -2.50. The average molecular weight is 471 g/mol. The number of anilines is 1. The van der Waals surface area contributed by atoms with E-state index in [-0.39, 0.29) is 18.1 Å². The van der Waals surface area contributed by atoms with Crippen molar-refractivity contribution in [3.8, 4) is 0 Å². The Morgan fingerprint density at radius 3 is 2.32 bits per heavy atom. The Kier molecular flexibility index (Phi) is 6.97. The molecule has 178 valence electrons. The molecule has 4 rings (SSSR count). The molecule has 2 aromatic carbocycles. The minimum atomic E-state index is -4.55. The number of carbonyl (C=O) groups is 2. The first-order valence-electron chi connectivity index (χ1n) is 10.8. The summed E-state index contributed by atoms with van der Waals surface area (Å²) >= 11 is 0. The van der Waals surface area contributed by atoms with E-state index in [1.807, 2.05) is 35.2 Å². The number of rotatable bonds is 6. The van der Waals surface area contributed by atoms with Gasteiger partial charge in [-0.25, -0.2) is 0 Å². The minimum Gasteiger partial charge on any atom is -0.336 e. The van der Waals surface area contributed by atoms with Gasteiger partial charge in [-0.05, 0) is 17.7 Å². The summed E-state index contributed by atoms with van der Waals surface area (Å²) in [5, 5.41) is 6.63. The second-order valence-corrected chi connectivity index (χ2v) is 8.07. The summed E-state index contributed by atoms with van der Waals surface area (Å²) in [5.41, 5.74) is 0.424. The molecule has 1 fully saturated rings. The van der Waals surface area contributed by atoms with Crippen LogP contribution in [0.5, 0.6) is 0 Å². The zero-order chi connectivity index (χ0) is 24.1. The van der Waals surface area contributed by atoms with Crippen molar-refractivity contribution in [2.75, 3.05) is 38.0 Å². The van der Waals surface area contributed by atoms with E-state index >= 15 is 0 Å². The predicted octanol–water partition coefficient (Wildman–Crippen LogP) is 3.35. The molecule has 34 heavy (non-hydrogen) atoms. The highest BCUT2D eigenvalue weighted by Gasteiger charge is 2.33. The van der Waals surface area contributed by atoms with Gasteiger partial charge in [0.2, 0.25) is 5.91 Å². The maximum absolute atomic E-state index is 13.1. The number of benzene rings is 2. The summed E-state index contributed by atoms with van der Waals surface area (Å²) in [6, 6.07) is 14.7. The molecule has 0 bridgehead atoms. The van der Waals surface area contributed by atoms with Gasteiger partial charge in [-0.3, -0.25) is 19.2 Å². The molecule has 7 nitrogen and oxygen atoms in total. The standard InChI is InChI=1S/C24H24F3N5O2/c25-24(26,27)20-8-4-5-9-21(20)29-22(33)17-30-10-12-31(13-11-30)23(34)19-14-28-32(16-19)15-18-6-2-1-3-7-18/h1-9,14,16H,10-13,15,17H2,(H,29,33). The zero-order valence-electron chi connectivity index (χ0n) is 18.3. The van der Waals surface area contributed by atoms with Gasteiger partial charge in [0.1, 0.15) is 0 Å². The van der Waals surface area contributed by atoms with Crippen LogP contribution in [0.4, 0.5) is 18.9 Å². The third kappa shape index (κ3) is 5.82. The van der Waals surface area contributed by atoms with Crippen LogP contribution in [0.25, 0.3) is 0 Å². The molecule has 1 aliphatic rings. The van der Waals surface area contributed by atoms with E-state index in [0.717, 1.165) is 11.6 Å². The molecule has 1 saturated heterocycles. The Morgan fingerprint density at radius 2 is 1.62 bits per heavy atom. The van der Waals surface area contributed by atoms with Crippen LogP contribution in [-0.4, -0.2) is 64.1 Å². The fourth-order valence-corrected chi connectivity index (χ4v) is 3.85. The Morgan fingerprint density at radius 1 is 0.941 bits per heavy atom. The minimum absolute atomic E-state index is 0.0524. The average Bonchev–Trinajstić information content (AvgIpc) is 3.28. The normalized spacial score (nSPS) is 14.7. The van der Waals surface area contributed by atoms with E-state index in [1.165, 1.54) is 18.2 Å². The van der Waals surface area contributed by atoms with Gasteiger partial charge in [-0.15, -0.1) is 0 Å².